The van der Waals surface area contributed by atoms with Crippen molar-refractivity contribution in [1.29, 1.82) is 0 Å². The van der Waals surface area contributed by atoms with Crippen molar-refractivity contribution in [2.75, 3.05) is 0 Å². The summed E-state index contributed by atoms with van der Waals surface area (Å²) in [5.74, 6) is -1.95. The van der Waals surface area contributed by atoms with Crippen molar-refractivity contribution >= 4 is 47.4 Å². The minimum Gasteiger partial charge on any atom is -0.508 e. The van der Waals surface area contributed by atoms with Crippen molar-refractivity contribution in [2.45, 2.75) is 141 Å². The number of ether oxygens (including phenoxy) is 3. The van der Waals surface area contributed by atoms with Crippen molar-refractivity contribution in [3.63, 3.8) is 0 Å². The second kappa shape index (κ2) is 30.0. The molecular weight excluding hydrogens is 957 g/mol. The molecule has 2 aromatic rings. The van der Waals surface area contributed by atoms with Crippen LogP contribution in [0.25, 0.3) is 12.2 Å². The van der Waals surface area contributed by atoms with Gasteiger partial charge in [0.25, 0.3) is 0 Å². The highest BCUT2D eigenvalue weighted by Crippen LogP contribution is 2.42. The normalized spacial score (nSPS) is 18.3. The predicted molar refractivity (Wildman–Crippen MR) is 304 cm³/mol. The van der Waals surface area contributed by atoms with Gasteiger partial charge in [0.05, 0.1) is 19.3 Å². The molecule has 2 aliphatic rings. The lowest BCUT2D eigenvalue weighted by atomic mass is 9.71. The zero-order chi connectivity index (χ0) is 56.8. The molecule has 0 aliphatic heterocycles. The van der Waals surface area contributed by atoms with Crippen molar-refractivity contribution in [2.24, 2.45) is 10.8 Å². The largest absolute Gasteiger partial charge is 0.508 e. The number of phenols is 2. The Hall–Kier alpha value is -7.66. The third-order valence-electron chi connectivity index (χ3n) is 12.4. The second-order valence-corrected chi connectivity index (χ2v) is 20.7. The standard InChI is InChI=1S/C35H38O7.C30H40O4/c1-6-7-8-23(2)9-16-30-24(3)34(40)31(22-35(30,4)5)42-33(39)18-17-32(38)41-29-14-12-25(13-15-29)10-11-26-19-27(36)21-28(37)20-26;1-21(2)12-9-10-13-22(3)14-11-15-23(4)16-18-26-25(6)29(33)27(20-30(26,7)8)34-28(32)19-17-24(5)31/h6-16,19-21,31,36-37H,17-18,22H2,1-5H3;9-16,18,27H,17,19-20H2,1-8H3/b7-6+,11-10+,16-9+,23-8+;10-9+,14-11+,18-16+,22-13+,23-15+. The molecule has 0 saturated carbocycles. The molecule has 0 bridgehead atoms. The van der Waals surface area contributed by atoms with E-state index < -0.39 is 30.1 Å². The van der Waals surface area contributed by atoms with Crippen LogP contribution in [0.4, 0.5) is 0 Å². The van der Waals surface area contributed by atoms with E-state index in [1.165, 1.54) is 30.7 Å². The highest BCUT2D eigenvalue weighted by molar-refractivity contribution is 6.02. The van der Waals surface area contributed by atoms with Crippen LogP contribution >= 0.6 is 0 Å². The van der Waals surface area contributed by atoms with Crippen LogP contribution in [0.15, 0.2) is 172 Å². The maximum atomic E-state index is 13.0. The van der Waals surface area contributed by atoms with Crippen molar-refractivity contribution in [1.82, 2.24) is 0 Å². The summed E-state index contributed by atoms with van der Waals surface area (Å²) in [6.45, 7) is 25.2. The van der Waals surface area contributed by atoms with Crippen LogP contribution in [0.2, 0.25) is 0 Å². The molecule has 11 nitrogen and oxygen atoms in total. The molecule has 0 amide bonds. The second-order valence-electron chi connectivity index (χ2n) is 20.7. The molecule has 0 radical (unpaired) electrons. The average molecular weight is 1040 g/mol. The maximum absolute atomic E-state index is 13.0. The van der Waals surface area contributed by atoms with Crippen LogP contribution < -0.4 is 4.74 Å². The minimum absolute atomic E-state index is 0.00692. The third kappa shape index (κ3) is 21.7. The monoisotopic (exact) mass is 1030 g/mol. The smallest absolute Gasteiger partial charge is 0.311 e. The molecule has 0 aromatic heterocycles. The maximum Gasteiger partial charge on any atom is 0.311 e. The van der Waals surface area contributed by atoms with Crippen LogP contribution in [0.5, 0.6) is 17.2 Å². The molecule has 0 fully saturated rings. The number of benzene rings is 2. The van der Waals surface area contributed by atoms with Gasteiger partial charge in [-0.1, -0.05) is 159 Å². The molecule has 0 spiro atoms. The summed E-state index contributed by atoms with van der Waals surface area (Å²) in [5.41, 5.74) is 8.29. The number of esters is 3. The van der Waals surface area contributed by atoms with Crippen molar-refractivity contribution < 1.29 is 53.2 Å². The molecule has 0 heterocycles. The van der Waals surface area contributed by atoms with Gasteiger partial charge < -0.3 is 29.2 Å². The molecule has 2 aliphatic carbocycles. The van der Waals surface area contributed by atoms with E-state index in [1.807, 2.05) is 108 Å². The van der Waals surface area contributed by atoms with Gasteiger partial charge in [-0.25, -0.2) is 0 Å². The first kappa shape index (κ1) is 62.6. The molecule has 2 atom stereocenters. The number of carbonyl (C=O) groups is 6. The number of ketones is 3. The van der Waals surface area contributed by atoms with Crippen LogP contribution in [0.1, 0.15) is 140 Å². The molecule has 11 heteroatoms. The lowest BCUT2D eigenvalue weighted by molar-refractivity contribution is -0.157. The number of hydrogen-bond acceptors (Lipinski definition) is 11. The van der Waals surface area contributed by atoms with E-state index in [-0.39, 0.29) is 65.4 Å². The van der Waals surface area contributed by atoms with Gasteiger partial charge in [0.1, 0.15) is 23.0 Å². The van der Waals surface area contributed by atoms with E-state index in [1.54, 1.807) is 50.3 Å². The predicted octanol–water partition coefficient (Wildman–Crippen LogP) is 14.4. The first-order valence-electron chi connectivity index (χ1n) is 25.6. The fourth-order valence-corrected chi connectivity index (χ4v) is 8.29. The Labute approximate surface area is 450 Å². The molecule has 2 aromatic carbocycles. The van der Waals surface area contributed by atoms with Crippen molar-refractivity contribution in [3.8, 4) is 17.2 Å². The minimum atomic E-state index is -0.898. The highest BCUT2D eigenvalue weighted by atomic mass is 16.6. The van der Waals surface area contributed by atoms with E-state index in [0.29, 0.717) is 35.3 Å². The summed E-state index contributed by atoms with van der Waals surface area (Å²) in [6, 6.07) is 11.0. The SMILES string of the molecule is C/C=C/C=C(C)/C=C/C1=C(C)C(=O)C(OC(=O)CCC(=O)Oc2ccc(/C=C/c3cc(O)cc(O)c3)cc2)CC1(C)C.CC(=O)CCC(=O)OC1CC(C)(C)C(/C=C/C(C)=C/C=C/C(C)=C/C=C/C=C(C)C)=C(C)C1=O. The van der Waals surface area contributed by atoms with E-state index in [9.17, 15) is 39.0 Å². The molecule has 0 saturated heterocycles. The zero-order valence-corrected chi connectivity index (χ0v) is 46.7. The summed E-state index contributed by atoms with van der Waals surface area (Å²) >= 11 is 0. The fraction of sp³-hybridized carbons (Fsp3) is 0.354. The molecule has 2 unspecified atom stereocenters. The van der Waals surface area contributed by atoms with Gasteiger partial charge >= 0.3 is 17.9 Å². The summed E-state index contributed by atoms with van der Waals surface area (Å²) < 4.78 is 16.3. The van der Waals surface area contributed by atoms with E-state index in [4.69, 9.17) is 14.2 Å². The average Bonchev–Trinajstić information content (AvgIpc) is 3.33. The Bertz CT molecular complexity index is 2810. The van der Waals surface area contributed by atoms with Crippen LogP contribution in [-0.4, -0.2) is 57.7 Å². The molecule has 76 heavy (non-hydrogen) atoms. The lowest BCUT2D eigenvalue weighted by Gasteiger charge is -2.36. The number of aromatic hydroxyl groups is 2. The Morgan fingerprint density at radius 2 is 0.987 bits per heavy atom. The van der Waals surface area contributed by atoms with Gasteiger partial charge in [-0.3, -0.25) is 24.0 Å². The lowest BCUT2D eigenvalue weighted by Crippen LogP contribution is -2.39. The Balaban J connectivity index is 0.000000410. The first-order chi connectivity index (χ1) is 35.7. The molecule has 4 rings (SSSR count). The van der Waals surface area contributed by atoms with Crippen LogP contribution in [-0.2, 0) is 38.2 Å². The van der Waals surface area contributed by atoms with Gasteiger partial charge in [0.2, 0.25) is 0 Å². The van der Waals surface area contributed by atoms with Crippen LogP contribution in [0.3, 0.4) is 0 Å². The fourth-order valence-electron chi connectivity index (χ4n) is 8.29. The van der Waals surface area contributed by atoms with E-state index in [0.717, 1.165) is 33.4 Å². The summed E-state index contributed by atoms with van der Waals surface area (Å²) in [6.07, 6.45) is 30.4. The summed E-state index contributed by atoms with van der Waals surface area (Å²) in [5, 5.41) is 19.2. The number of allylic oxidation sites excluding steroid dienone is 20. The zero-order valence-electron chi connectivity index (χ0n) is 46.7. The number of hydrogen-bond donors (Lipinski definition) is 2. The number of rotatable bonds is 20. The Morgan fingerprint density at radius 1 is 0.553 bits per heavy atom. The van der Waals surface area contributed by atoms with Gasteiger partial charge in [-0.15, -0.1) is 0 Å². The number of phenolic OH excluding ortho intramolecular Hbond substituents is 2. The Kier molecular flexibility index (Phi) is 24.8. The van der Waals surface area contributed by atoms with Crippen molar-refractivity contribution in [3.05, 3.63) is 183 Å². The van der Waals surface area contributed by atoms with Crippen LogP contribution in [0, 0.1) is 10.8 Å². The molecular formula is C65H78O11. The number of carbonyl (C=O) groups excluding carboxylic acids is 6. The van der Waals surface area contributed by atoms with E-state index in [2.05, 4.69) is 46.8 Å². The molecule has 2 N–H and O–H groups in total. The Morgan fingerprint density at radius 3 is 1.47 bits per heavy atom. The van der Waals surface area contributed by atoms with Gasteiger partial charge in [0.15, 0.2) is 23.8 Å². The van der Waals surface area contributed by atoms with Gasteiger partial charge in [0, 0.05) is 25.3 Å². The quantitative estimate of drug-likeness (QED) is 0.0560. The third-order valence-corrected chi connectivity index (χ3v) is 12.4. The molecule has 404 valence electrons. The first-order valence-corrected chi connectivity index (χ1v) is 25.6. The highest BCUT2D eigenvalue weighted by Gasteiger charge is 2.41. The van der Waals surface area contributed by atoms with E-state index >= 15 is 0 Å². The van der Waals surface area contributed by atoms with Gasteiger partial charge in [-0.2, -0.15) is 0 Å². The summed E-state index contributed by atoms with van der Waals surface area (Å²) in [7, 11) is 0. The number of Topliss-reactive ketones (excluding diaryl/α,β-unsaturated/α-hetero) is 3. The topological polar surface area (TPSA) is 171 Å². The van der Waals surface area contributed by atoms with Gasteiger partial charge in [-0.05, 0) is 131 Å². The summed E-state index contributed by atoms with van der Waals surface area (Å²) in [4.78, 5) is 73.9.